The first-order valence-corrected chi connectivity index (χ1v) is 8.13. The third-order valence-electron chi connectivity index (χ3n) is 3.90. The van der Waals surface area contributed by atoms with E-state index in [0.717, 1.165) is 32.2 Å². The van der Waals surface area contributed by atoms with Crippen molar-refractivity contribution in [2.45, 2.75) is 6.54 Å². The van der Waals surface area contributed by atoms with Gasteiger partial charge in [-0.15, -0.1) is 0 Å². The highest BCUT2D eigenvalue weighted by molar-refractivity contribution is 9.10. The van der Waals surface area contributed by atoms with E-state index in [1.165, 1.54) is 0 Å². The quantitative estimate of drug-likeness (QED) is 0.703. The highest BCUT2D eigenvalue weighted by Gasteiger charge is 2.11. The van der Waals surface area contributed by atoms with E-state index < -0.39 is 0 Å². The van der Waals surface area contributed by atoms with Crippen LogP contribution in [0.4, 0.5) is 5.69 Å². The van der Waals surface area contributed by atoms with Gasteiger partial charge in [-0.25, -0.2) is 0 Å². The Morgan fingerprint density at radius 3 is 2.61 bits per heavy atom. The summed E-state index contributed by atoms with van der Waals surface area (Å²) in [5, 5.41) is 12.5. The monoisotopic (exact) mass is 371 g/mol. The molecular formula is C19H18BrNO2. The summed E-state index contributed by atoms with van der Waals surface area (Å²) in [5.74, 6) is 1.12. The molecule has 0 aromatic heterocycles. The lowest BCUT2D eigenvalue weighted by Gasteiger charge is -2.22. The number of ether oxygens (including phenoxy) is 1. The molecule has 0 atom stereocenters. The summed E-state index contributed by atoms with van der Waals surface area (Å²) >= 11 is 3.49. The number of phenolic OH excluding ortho intramolecular Hbond substituents is 1. The molecule has 0 spiro atoms. The second-order valence-electron chi connectivity index (χ2n) is 5.50. The van der Waals surface area contributed by atoms with Crippen molar-refractivity contribution in [3.8, 4) is 11.5 Å². The van der Waals surface area contributed by atoms with Crippen molar-refractivity contribution in [1.29, 1.82) is 0 Å². The second-order valence-corrected chi connectivity index (χ2v) is 6.42. The largest absolute Gasteiger partial charge is 0.508 e. The molecule has 3 aromatic carbocycles. The van der Waals surface area contributed by atoms with Crippen LogP contribution in [0.2, 0.25) is 0 Å². The van der Waals surface area contributed by atoms with E-state index in [1.54, 1.807) is 7.11 Å². The highest BCUT2D eigenvalue weighted by Crippen LogP contribution is 2.31. The predicted octanol–water partition coefficient (Wildman–Crippen LogP) is 4.95. The first-order chi connectivity index (χ1) is 11.1. The van der Waals surface area contributed by atoms with Crippen molar-refractivity contribution < 1.29 is 9.84 Å². The van der Waals surface area contributed by atoms with Crippen LogP contribution in [0.25, 0.3) is 10.8 Å². The van der Waals surface area contributed by atoms with E-state index in [2.05, 4.69) is 26.9 Å². The van der Waals surface area contributed by atoms with Crippen LogP contribution in [0.15, 0.2) is 59.1 Å². The Morgan fingerprint density at radius 2 is 1.83 bits per heavy atom. The molecule has 0 saturated heterocycles. The summed E-state index contributed by atoms with van der Waals surface area (Å²) < 4.78 is 6.44. The zero-order chi connectivity index (χ0) is 16.4. The van der Waals surface area contributed by atoms with Crippen molar-refractivity contribution in [1.82, 2.24) is 0 Å². The Morgan fingerprint density at radius 1 is 1.04 bits per heavy atom. The van der Waals surface area contributed by atoms with E-state index in [-0.39, 0.29) is 0 Å². The van der Waals surface area contributed by atoms with Gasteiger partial charge in [-0.2, -0.15) is 0 Å². The van der Waals surface area contributed by atoms with Crippen molar-refractivity contribution in [3.63, 3.8) is 0 Å². The number of hydrogen-bond acceptors (Lipinski definition) is 3. The Balaban J connectivity index is 1.95. The van der Waals surface area contributed by atoms with E-state index in [1.807, 2.05) is 55.6 Å². The fourth-order valence-corrected chi connectivity index (χ4v) is 3.09. The third-order valence-corrected chi connectivity index (χ3v) is 4.40. The van der Waals surface area contributed by atoms with Crippen LogP contribution in [0, 0.1) is 0 Å². The van der Waals surface area contributed by atoms with Crippen molar-refractivity contribution in [3.05, 3.63) is 64.6 Å². The molecule has 0 aliphatic carbocycles. The number of anilines is 1. The molecule has 3 aromatic rings. The average Bonchev–Trinajstić information content (AvgIpc) is 2.55. The first-order valence-electron chi connectivity index (χ1n) is 7.34. The molecule has 1 N–H and O–H groups in total. The van der Waals surface area contributed by atoms with Crippen LogP contribution >= 0.6 is 15.9 Å². The zero-order valence-electron chi connectivity index (χ0n) is 13.1. The van der Waals surface area contributed by atoms with Crippen LogP contribution in [-0.2, 0) is 6.54 Å². The Kier molecular flexibility index (Phi) is 4.44. The molecule has 0 unspecified atom stereocenters. The Bertz CT molecular complexity index is 848. The maximum Gasteiger partial charge on any atom is 0.142 e. The van der Waals surface area contributed by atoms with Gasteiger partial charge in [-0.3, -0.25) is 0 Å². The number of hydrogen-bond donors (Lipinski definition) is 1. The molecule has 23 heavy (non-hydrogen) atoms. The second kappa shape index (κ2) is 6.50. The molecule has 0 bridgehead atoms. The molecule has 0 heterocycles. The molecule has 0 aliphatic rings. The number of rotatable bonds is 4. The SMILES string of the molecule is COc1ccccc1N(C)Cc1cc2cc(Br)ccc2cc1O. The summed E-state index contributed by atoms with van der Waals surface area (Å²) in [6, 6.07) is 17.7. The van der Waals surface area contributed by atoms with Gasteiger partial charge >= 0.3 is 0 Å². The van der Waals surface area contributed by atoms with Gasteiger partial charge < -0.3 is 14.7 Å². The summed E-state index contributed by atoms with van der Waals surface area (Å²) in [4.78, 5) is 2.07. The summed E-state index contributed by atoms with van der Waals surface area (Å²) in [5.41, 5.74) is 1.87. The van der Waals surface area contributed by atoms with Gasteiger partial charge in [0.25, 0.3) is 0 Å². The van der Waals surface area contributed by atoms with Crippen molar-refractivity contribution >= 4 is 32.4 Å². The maximum absolute atomic E-state index is 10.3. The number of phenols is 1. The normalized spacial score (nSPS) is 10.7. The molecule has 0 fully saturated rings. The highest BCUT2D eigenvalue weighted by atomic mass is 79.9. The number of para-hydroxylation sites is 2. The number of benzene rings is 3. The van der Waals surface area contributed by atoms with Gasteiger partial charge in [-0.1, -0.05) is 34.1 Å². The van der Waals surface area contributed by atoms with E-state index in [9.17, 15) is 5.11 Å². The number of nitrogens with zero attached hydrogens (tertiary/aromatic N) is 1. The van der Waals surface area contributed by atoms with E-state index >= 15 is 0 Å². The van der Waals surface area contributed by atoms with E-state index in [4.69, 9.17) is 4.74 Å². The molecule has 3 rings (SSSR count). The zero-order valence-corrected chi connectivity index (χ0v) is 14.7. The molecule has 3 nitrogen and oxygen atoms in total. The topological polar surface area (TPSA) is 32.7 Å². The number of aromatic hydroxyl groups is 1. The third kappa shape index (κ3) is 3.27. The predicted molar refractivity (Wildman–Crippen MR) is 98.4 cm³/mol. The summed E-state index contributed by atoms with van der Waals surface area (Å²) in [6.07, 6.45) is 0. The smallest absolute Gasteiger partial charge is 0.142 e. The fourth-order valence-electron chi connectivity index (χ4n) is 2.72. The lowest BCUT2D eigenvalue weighted by Crippen LogP contribution is -2.17. The molecule has 0 radical (unpaired) electrons. The standard InChI is InChI=1S/C19H18BrNO2/c1-21(17-5-3-4-6-19(17)23-2)12-15-9-14-10-16(20)8-7-13(14)11-18(15)22/h3-11,22H,12H2,1-2H3. The van der Waals surface area contributed by atoms with Crippen molar-refractivity contribution in [2.75, 3.05) is 19.1 Å². The molecule has 0 saturated carbocycles. The maximum atomic E-state index is 10.3. The van der Waals surface area contributed by atoms with Gasteiger partial charge in [0.2, 0.25) is 0 Å². The molecule has 0 amide bonds. The first kappa shape index (κ1) is 15.7. The Labute approximate surface area is 144 Å². The van der Waals surface area contributed by atoms with Gasteiger partial charge in [0.15, 0.2) is 0 Å². The molecule has 0 aliphatic heterocycles. The lowest BCUT2D eigenvalue weighted by molar-refractivity contribution is 0.414. The molecular weight excluding hydrogens is 354 g/mol. The van der Waals surface area contributed by atoms with Crippen molar-refractivity contribution in [2.24, 2.45) is 0 Å². The van der Waals surface area contributed by atoms with Crippen LogP contribution < -0.4 is 9.64 Å². The van der Waals surface area contributed by atoms with Gasteiger partial charge in [0, 0.05) is 23.6 Å². The minimum Gasteiger partial charge on any atom is -0.508 e. The molecule has 118 valence electrons. The Hall–Kier alpha value is -2.20. The average molecular weight is 372 g/mol. The van der Waals surface area contributed by atoms with Crippen LogP contribution in [-0.4, -0.2) is 19.3 Å². The number of methoxy groups -OCH3 is 1. The summed E-state index contributed by atoms with van der Waals surface area (Å²) in [7, 11) is 3.65. The van der Waals surface area contributed by atoms with Crippen LogP contribution in [0.1, 0.15) is 5.56 Å². The van der Waals surface area contributed by atoms with Crippen LogP contribution in [0.3, 0.4) is 0 Å². The van der Waals surface area contributed by atoms with Gasteiger partial charge in [-0.05, 0) is 47.2 Å². The van der Waals surface area contributed by atoms with Crippen LogP contribution in [0.5, 0.6) is 11.5 Å². The summed E-state index contributed by atoms with van der Waals surface area (Å²) in [6.45, 7) is 0.592. The van der Waals surface area contributed by atoms with Gasteiger partial charge in [0.1, 0.15) is 11.5 Å². The van der Waals surface area contributed by atoms with Gasteiger partial charge in [0.05, 0.1) is 12.8 Å². The van der Waals surface area contributed by atoms with E-state index in [0.29, 0.717) is 12.3 Å². The number of halogens is 1. The fraction of sp³-hybridized carbons (Fsp3) is 0.158. The lowest BCUT2D eigenvalue weighted by atomic mass is 10.1. The minimum atomic E-state index is 0.307. The molecule has 4 heteroatoms. The number of fused-ring (bicyclic) bond motifs is 1. The minimum absolute atomic E-state index is 0.307.